The van der Waals surface area contributed by atoms with Crippen LogP contribution in [0.5, 0.6) is 0 Å². The van der Waals surface area contributed by atoms with Gasteiger partial charge >= 0.3 is 0 Å². The summed E-state index contributed by atoms with van der Waals surface area (Å²) in [5, 5.41) is 8.72. The van der Waals surface area contributed by atoms with Crippen molar-refractivity contribution in [3.05, 3.63) is 0 Å². The van der Waals surface area contributed by atoms with Gasteiger partial charge in [-0.3, -0.25) is 0 Å². The van der Waals surface area contributed by atoms with Gasteiger partial charge in [-0.15, -0.1) is 0 Å². The topological polar surface area (TPSA) is 29.5 Å². The van der Waals surface area contributed by atoms with Crippen molar-refractivity contribution in [1.29, 1.82) is 0 Å². The van der Waals surface area contributed by atoms with Crippen LogP contribution in [0.4, 0.5) is 0 Å². The maximum Gasteiger partial charge on any atom is 0.0578 e. The summed E-state index contributed by atoms with van der Waals surface area (Å²) in [6.07, 6.45) is 13.1. The van der Waals surface area contributed by atoms with E-state index in [1.807, 2.05) is 0 Å². The highest BCUT2D eigenvalue weighted by Gasteiger charge is 2.35. The van der Waals surface area contributed by atoms with E-state index < -0.39 is 0 Å². The van der Waals surface area contributed by atoms with Gasteiger partial charge in [0.05, 0.1) is 6.10 Å². The fourth-order valence-corrected chi connectivity index (χ4v) is 4.50. The first-order chi connectivity index (χ1) is 9.29. The third-order valence-corrected chi connectivity index (χ3v) is 5.74. The van der Waals surface area contributed by atoms with Gasteiger partial charge < -0.3 is 9.84 Å². The molecule has 0 spiro atoms. The van der Waals surface area contributed by atoms with Crippen molar-refractivity contribution >= 4 is 15.9 Å². The van der Waals surface area contributed by atoms with Crippen molar-refractivity contribution in [2.45, 2.75) is 75.1 Å². The van der Waals surface area contributed by atoms with Gasteiger partial charge in [-0.2, -0.15) is 0 Å². The number of aliphatic hydroxyl groups is 1. The number of alkyl halides is 1. The second-order valence-electron chi connectivity index (χ2n) is 6.37. The standard InChI is InChI=1S/C16H29BrO2/c17-15-7-5-14-12-16(8-6-13(14)11-15)19-10-4-2-1-3-9-18/h13-16,18H,1-12H2. The Hall–Kier alpha value is 0.400. The van der Waals surface area contributed by atoms with Crippen LogP contribution < -0.4 is 0 Å². The molecule has 0 aromatic heterocycles. The van der Waals surface area contributed by atoms with E-state index in [1.54, 1.807) is 0 Å². The largest absolute Gasteiger partial charge is 0.396 e. The Morgan fingerprint density at radius 1 is 0.895 bits per heavy atom. The molecule has 0 aromatic carbocycles. The lowest BCUT2D eigenvalue weighted by Gasteiger charge is -2.40. The smallest absolute Gasteiger partial charge is 0.0578 e. The van der Waals surface area contributed by atoms with E-state index in [9.17, 15) is 0 Å². The van der Waals surface area contributed by atoms with Crippen molar-refractivity contribution in [2.75, 3.05) is 13.2 Å². The minimum atomic E-state index is 0.334. The summed E-state index contributed by atoms with van der Waals surface area (Å²) in [7, 11) is 0. The Balaban J connectivity index is 1.57. The molecular weight excluding hydrogens is 304 g/mol. The molecule has 2 rings (SSSR count). The van der Waals surface area contributed by atoms with Crippen LogP contribution in [-0.2, 0) is 4.74 Å². The molecule has 19 heavy (non-hydrogen) atoms. The van der Waals surface area contributed by atoms with Crippen LogP contribution >= 0.6 is 15.9 Å². The quantitative estimate of drug-likeness (QED) is 0.556. The van der Waals surface area contributed by atoms with E-state index >= 15 is 0 Å². The third-order valence-electron chi connectivity index (χ3n) is 4.91. The molecule has 2 nitrogen and oxygen atoms in total. The Morgan fingerprint density at radius 2 is 1.63 bits per heavy atom. The van der Waals surface area contributed by atoms with Crippen molar-refractivity contribution in [3.63, 3.8) is 0 Å². The molecule has 4 unspecified atom stereocenters. The Bertz CT molecular complexity index is 247. The molecule has 0 bridgehead atoms. The molecule has 0 aliphatic heterocycles. The third kappa shape index (κ3) is 5.35. The van der Waals surface area contributed by atoms with Crippen LogP contribution in [0, 0.1) is 11.8 Å². The average molecular weight is 333 g/mol. The second kappa shape index (κ2) is 8.63. The van der Waals surface area contributed by atoms with E-state index in [2.05, 4.69) is 15.9 Å². The maximum atomic E-state index is 8.72. The zero-order valence-corrected chi connectivity index (χ0v) is 13.6. The zero-order chi connectivity index (χ0) is 13.5. The highest BCUT2D eigenvalue weighted by Crippen LogP contribution is 2.43. The maximum absolute atomic E-state index is 8.72. The van der Waals surface area contributed by atoms with Gasteiger partial charge in [0.15, 0.2) is 0 Å². The molecule has 0 amide bonds. The number of fused-ring (bicyclic) bond motifs is 1. The molecule has 0 saturated heterocycles. The molecule has 2 saturated carbocycles. The van der Waals surface area contributed by atoms with Crippen molar-refractivity contribution < 1.29 is 9.84 Å². The van der Waals surface area contributed by atoms with E-state index in [0.29, 0.717) is 12.7 Å². The fraction of sp³-hybridized carbons (Fsp3) is 1.00. The summed E-state index contributed by atoms with van der Waals surface area (Å²) in [5.41, 5.74) is 0. The molecule has 0 radical (unpaired) electrons. The number of hydrogen-bond donors (Lipinski definition) is 1. The Kier molecular flexibility index (Phi) is 7.17. The molecule has 2 fully saturated rings. The molecule has 2 aliphatic carbocycles. The predicted molar refractivity (Wildman–Crippen MR) is 82.7 cm³/mol. The van der Waals surface area contributed by atoms with Crippen molar-refractivity contribution in [1.82, 2.24) is 0 Å². The number of hydrogen-bond acceptors (Lipinski definition) is 2. The van der Waals surface area contributed by atoms with Gasteiger partial charge in [-0.25, -0.2) is 0 Å². The van der Waals surface area contributed by atoms with E-state index in [0.717, 1.165) is 42.5 Å². The van der Waals surface area contributed by atoms with Crippen LogP contribution in [0.15, 0.2) is 0 Å². The Labute approximate surface area is 126 Å². The molecule has 0 heterocycles. The van der Waals surface area contributed by atoms with Crippen molar-refractivity contribution in [3.8, 4) is 0 Å². The molecular formula is C16H29BrO2. The van der Waals surface area contributed by atoms with Gasteiger partial charge in [0.2, 0.25) is 0 Å². The molecule has 2 aliphatic rings. The van der Waals surface area contributed by atoms with Gasteiger partial charge in [0.1, 0.15) is 0 Å². The summed E-state index contributed by atoms with van der Waals surface area (Å²) in [6, 6.07) is 0. The predicted octanol–water partition coefficient (Wildman–Crippen LogP) is 4.29. The van der Waals surface area contributed by atoms with Crippen LogP contribution in [0.1, 0.15) is 64.2 Å². The first-order valence-electron chi connectivity index (χ1n) is 8.16. The van der Waals surface area contributed by atoms with Gasteiger partial charge in [0.25, 0.3) is 0 Å². The summed E-state index contributed by atoms with van der Waals surface area (Å²) < 4.78 is 6.06. The summed E-state index contributed by atoms with van der Waals surface area (Å²) in [4.78, 5) is 0.776. The molecule has 112 valence electrons. The first kappa shape index (κ1) is 15.8. The number of aliphatic hydroxyl groups excluding tert-OH is 1. The molecule has 4 atom stereocenters. The van der Waals surface area contributed by atoms with E-state index in [4.69, 9.17) is 9.84 Å². The van der Waals surface area contributed by atoms with Gasteiger partial charge in [-0.1, -0.05) is 28.8 Å². The normalized spacial score (nSPS) is 35.1. The molecule has 0 aromatic rings. The van der Waals surface area contributed by atoms with E-state index in [1.165, 1.54) is 44.9 Å². The monoisotopic (exact) mass is 332 g/mol. The highest BCUT2D eigenvalue weighted by atomic mass is 79.9. The number of rotatable bonds is 7. The minimum Gasteiger partial charge on any atom is -0.396 e. The first-order valence-corrected chi connectivity index (χ1v) is 9.07. The summed E-state index contributed by atoms with van der Waals surface area (Å²) in [5.74, 6) is 1.89. The lowest BCUT2D eigenvalue weighted by atomic mass is 9.70. The number of halogens is 1. The summed E-state index contributed by atoms with van der Waals surface area (Å²) >= 11 is 3.79. The average Bonchev–Trinajstić information content (AvgIpc) is 2.43. The van der Waals surface area contributed by atoms with Crippen LogP contribution in [0.25, 0.3) is 0 Å². The van der Waals surface area contributed by atoms with Gasteiger partial charge in [-0.05, 0) is 63.2 Å². The Morgan fingerprint density at radius 3 is 2.47 bits per heavy atom. The number of unbranched alkanes of at least 4 members (excludes halogenated alkanes) is 3. The van der Waals surface area contributed by atoms with Crippen LogP contribution in [0.3, 0.4) is 0 Å². The summed E-state index contributed by atoms with van der Waals surface area (Å²) in [6.45, 7) is 1.26. The SMILES string of the molecule is OCCCCCCOC1CCC2CC(Br)CCC2C1. The van der Waals surface area contributed by atoms with Crippen molar-refractivity contribution in [2.24, 2.45) is 11.8 Å². The highest BCUT2D eigenvalue weighted by molar-refractivity contribution is 9.09. The van der Waals surface area contributed by atoms with E-state index in [-0.39, 0.29) is 0 Å². The molecule has 1 N–H and O–H groups in total. The molecule has 3 heteroatoms. The lowest BCUT2D eigenvalue weighted by molar-refractivity contribution is -0.0133. The van der Waals surface area contributed by atoms with Gasteiger partial charge in [0, 0.05) is 18.0 Å². The van der Waals surface area contributed by atoms with Crippen LogP contribution in [-0.4, -0.2) is 29.3 Å². The minimum absolute atomic E-state index is 0.334. The number of ether oxygens (including phenoxy) is 1. The lowest BCUT2D eigenvalue weighted by Crippen LogP contribution is -2.34. The zero-order valence-electron chi connectivity index (χ0n) is 12.0. The van der Waals surface area contributed by atoms with Crippen LogP contribution in [0.2, 0.25) is 0 Å². The second-order valence-corrected chi connectivity index (χ2v) is 7.67. The fourth-order valence-electron chi connectivity index (χ4n) is 3.76.